The average Bonchev–Trinajstić information content (AvgIpc) is 2.41. The molecule has 0 aromatic heterocycles. The molecular formula is C13H11N3O2. The summed E-state index contributed by atoms with van der Waals surface area (Å²) >= 11 is 0. The van der Waals surface area contributed by atoms with Gasteiger partial charge in [0.15, 0.2) is 0 Å². The summed E-state index contributed by atoms with van der Waals surface area (Å²) in [5.74, 6) is 5.38. The summed E-state index contributed by atoms with van der Waals surface area (Å²) in [6.07, 6.45) is 0. The Kier molecular flexibility index (Phi) is 3.33. The molecule has 0 spiro atoms. The molecule has 2 rings (SSSR count). The maximum absolute atomic E-state index is 10.7. The van der Waals surface area contributed by atoms with E-state index in [2.05, 4.69) is 5.10 Å². The molecule has 0 heterocycles. The molecule has 2 aromatic carbocycles. The van der Waals surface area contributed by atoms with Crippen molar-refractivity contribution in [2.24, 2.45) is 10.9 Å². The number of hydrogen-bond acceptors (Lipinski definition) is 4. The van der Waals surface area contributed by atoms with Crippen LogP contribution in [-0.4, -0.2) is 10.6 Å². The van der Waals surface area contributed by atoms with Crippen LogP contribution in [0.2, 0.25) is 0 Å². The number of hydrazone groups is 1. The van der Waals surface area contributed by atoms with E-state index < -0.39 is 4.92 Å². The largest absolute Gasteiger partial charge is 0.323 e. The van der Waals surface area contributed by atoms with E-state index in [4.69, 9.17) is 5.84 Å². The fraction of sp³-hybridized carbons (Fsp3) is 0. The number of nitro benzene ring substituents is 1. The number of nitro groups is 1. The second-order valence-electron chi connectivity index (χ2n) is 3.65. The third kappa shape index (κ3) is 2.35. The summed E-state index contributed by atoms with van der Waals surface area (Å²) in [6, 6.07) is 15.5. The molecular weight excluding hydrogens is 230 g/mol. The number of non-ortho nitro benzene ring substituents is 1. The maximum Gasteiger partial charge on any atom is 0.270 e. The molecule has 2 N–H and O–H groups in total. The number of nitrogens with zero attached hydrogens (tertiary/aromatic N) is 2. The Bertz CT molecular complexity index is 594. The topological polar surface area (TPSA) is 81.5 Å². The molecule has 0 bridgehead atoms. The average molecular weight is 241 g/mol. The molecule has 0 radical (unpaired) electrons. The first-order valence-corrected chi connectivity index (χ1v) is 5.30. The van der Waals surface area contributed by atoms with Crippen LogP contribution in [0.4, 0.5) is 5.69 Å². The molecule has 18 heavy (non-hydrogen) atoms. The van der Waals surface area contributed by atoms with Crippen LogP contribution >= 0.6 is 0 Å². The summed E-state index contributed by atoms with van der Waals surface area (Å²) in [7, 11) is 0. The number of hydrogen-bond donors (Lipinski definition) is 1. The van der Waals surface area contributed by atoms with Crippen molar-refractivity contribution < 1.29 is 4.92 Å². The molecule has 0 aliphatic carbocycles. The van der Waals surface area contributed by atoms with Crippen molar-refractivity contribution in [1.29, 1.82) is 0 Å². The molecule has 0 saturated heterocycles. The molecule has 0 unspecified atom stereocenters. The molecule has 5 heteroatoms. The minimum Gasteiger partial charge on any atom is -0.323 e. The van der Waals surface area contributed by atoms with Crippen molar-refractivity contribution in [3.8, 4) is 0 Å². The minimum atomic E-state index is -0.442. The maximum atomic E-state index is 10.7. The quantitative estimate of drug-likeness (QED) is 0.387. The van der Waals surface area contributed by atoms with Crippen LogP contribution in [0.1, 0.15) is 11.1 Å². The van der Waals surface area contributed by atoms with Gasteiger partial charge < -0.3 is 5.84 Å². The summed E-state index contributed by atoms with van der Waals surface area (Å²) in [5, 5.41) is 14.5. The Morgan fingerprint density at radius 1 is 1.06 bits per heavy atom. The summed E-state index contributed by atoms with van der Waals surface area (Å²) in [5.41, 5.74) is 1.99. The summed E-state index contributed by atoms with van der Waals surface area (Å²) < 4.78 is 0. The van der Waals surface area contributed by atoms with Crippen LogP contribution in [0.3, 0.4) is 0 Å². The van der Waals surface area contributed by atoms with Crippen molar-refractivity contribution in [3.63, 3.8) is 0 Å². The fourth-order valence-electron chi connectivity index (χ4n) is 1.68. The molecule has 2 aromatic rings. The lowest BCUT2D eigenvalue weighted by Crippen LogP contribution is -2.06. The number of rotatable bonds is 3. The summed E-state index contributed by atoms with van der Waals surface area (Å²) in [4.78, 5) is 10.3. The van der Waals surface area contributed by atoms with Crippen molar-refractivity contribution in [2.45, 2.75) is 0 Å². The Labute approximate surface area is 104 Å². The van der Waals surface area contributed by atoms with Crippen LogP contribution in [-0.2, 0) is 0 Å². The number of nitrogens with two attached hydrogens (primary N) is 1. The van der Waals surface area contributed by atoms with Crippen molar-refractivity contribution in [1.82, 2.24) is 0 Å². The zero-order valence-electron chi connectivity index (χ0n) is 9.48. The summed E-state index contributed by atoms with van der Waals surface area (Å²) in [6.45, 7) is 0. The lowest BCUT2D eigenvalue weighted by molar-refractivity contribution is -0.384. The molecule has 0 amide bonds. The van der Waals surface area contributed by atoms with Gasteiger partial charge >= 0.3 is 0 Å². The van der Waals surface area contributed by atoms with E-state index in [0.29, 0.717) is 11.3 Å². The predicted octanol–water partition coefficient (Wildman–Crippen LogP) is 2.31. The van der Waals surface area contributed by atoms with Crippen molar-refractivity contribution in [3.05, 3.63) is 75.8 Å². The SMILES string of the molecule is N/N=C(\c1ccccc1)c1cccc([N+](=O)[O-])c1. The third-order valence-electron chi connectivity index (χ3n) is 2.51. The molecule has 90 valence electrons. The Hall–Kier alpha value is -2.69. The highest BCUT2D eigenvalue weighted by Gasteiger charge is 2.11. The van der Waals surface area contributed by atoms with Gasteiger partial charge in [-0.05, 0) is 0 Å². The van der Waals surface area contributed by atoms with Crippen molar-refractivity contribution >= 4 is 11.4 Å². The van der Waals surface area contributed by atoms with Gasteiger partial charge in [0, 0.05) is 23.3 Å². The Balaban J connectivity index is 2.47. The van der Waals surface area contributed by atoms with Gasteiger partial charge in [0.2, 0.25) is 0 Å². The van der Waals surface area contributed by atoms with E-state index >= 15 is 0 Å². The highest BCUT2D eigenvalue weighted by atomic mass is 16.6. The van der Waals surface area contributed by atoms with E-state index in [1.54, 1.807) is 12.1 Å². The zero-order valence-corrected chi connectivity index (χ0v) is 9.48. The van der Waals surface area contributed by atoms with E-state index in [1.807, 2.05) is 30.3 Å². The lowest BCUT2D eigenvalue weighted by Gasteiger charge is -2.05. The van der Waals surface area contributed by atoms with Crippen LogP contribution < -0.4 is 5.84 Å². The molecule has 0 aliphatic heterocycles. The van der Waals surface area contributed by atoms with Gasteiger partial charge in [0.25, 0.3) is 5.69 Å². The molecule has 0 aliphatic rings. The third-order valence-corrected chi connectivity index (χ3v) is 2.51. The van der Waals surface area contributed by atoms with Crippen molar-refractivity contribution in [2.75, 3.05) is 0 Å². The monoisotopic (exact) mass is 241 g/mol. The second-order valence-corrected chi connectivity index (χ2v) is 3.65. The molecule has 0 fully saturated rings. The van der Waals surface area contributed by atoms with Crippen LogP contribution in [0.5, 0.6) is 0 Å². The van der Waals surface area contributed by atoms with E-state index in [0.717, 1.165) is 5.56 Å². The first-order chi connectivity index (χ1) is 8.72. The standard InChI is InChI=1S/C13H11N3O2/c14-15-13(10-5-2-1-3-6-10)11-7-4-8-12(9-11)16(17)18/h1-9H,14H2/b15-13+. The Morgan fingerprint density at radius 2 is 1.72 bits per heavy atom. The highest BCUT2D eigenvalue weighted by Crippen LogP contribution is 2.16. The van der Waals surface area contributed by atoms with Crippen LogP contribution in [0, 0.1) is 10.1 Å². The van der Waals surface area contributed by atoms with Gasteiger partial charge in [-0.2, -0.15) is 5.10 Å². The van der Waals surface area contributed by atoms with Gasteiger partial charge in [0.05, 0.1) is 10.6 Å². The molecule has 0 atom stereocenters. The number of benzene rings is 2. The van der Waals surface area contributed by atoms with E-state index in [1.165, 1.54) is 12.1 Å². The Morgan fingerprint density at radius 3 is 2.33 bits per heavy atom. The van der Waals surface area contributed by atoms with Gasteiger partial charge in [-0.3, -0.25) is 10.1 Å². The van der Waals surface area contributed by atoms with Gasteiger partial charge in [-0.25, -0.2) is 0 Å². The molecule has 0 saturated carbocycles. The lowest BCUT2D eigenvalue weighted by atomic mass is 10.0. The predicted molar refractivity (Wildman–Crippen MR) is 69.4 cm³/mol. The highest BCUT2D eigenvalue weighted by molar-refractivity contribution is 6.13. The second kappa shape index (κ2) is 5.09. The normalized spacial score (nSPS) is 11.2. The smallest absolute Gasteiger partial charge is 0.270 e. The van der Waals surface area contributed by atoms with Gasteiger partial charge in [-0.15, -0.1) is 0 Å². The first kappa shape index (κ1) is 11.8. The fourth-order valence-corrected chi connectivity index (χ4v) is 1.68. The van der Waals surface area contributed by atoms with Crippen LogP contribution in [0.15, 0.2) is 59.7 Å². The van der Waals surface area contributed by atoms with E-state index in [9.17, 15) is 10.1 Å². The first-order valence-electron chi connectivity index (χ1n) is 5.30. The molecule has 5 nitrogen and oxygen atoms in total. The van der Waals surface area contributed by atoms with Gasteiger partial charge in [-0.1, -0.05) is 42.5 Å². The van der Waals surface area contributed by atoms with Crippen LogP contribution in [0.25, 0.3) is 0 Å². The van der Waals surface area contributed by atoms with E-state index in [-0.39, 0.29) is 5.69 Å². The van der Waals surface area contributed by atoms with Gasteiger partial charge in [0.1, 0.15) is 0 Å². The zero-order chi connectivity index (χ0) is 13.0. The minimum absolute atomic E-state index is 0.0181.